The Labute approximate surface area is 211 Å². The van der Waals surface area contributed by atoms with Gasteiger partial charge < -0.3 is 4.74 Å². The first-order valence-electron chi connectivity index (χ1n) is 9.23. The van der Waals surface area contributed by atoms with Crippen molar-refractivity contribution in [3.63, 3.8) is 0 Å². The molecule has 1 N–H and O–H groups in total. The highest BCUT2D eigenvalue weighted by Crippen LogP contribution is 2.29. The topological polar surface area (TPSA) is 50.7 Å². The number of ether oxygens (including phenoxy) is 1. The van der Waals surface area contributed by atoms with Crippen LogP contribution in [0.4, 0.5) is 0 Å². The van der Waals surface area contributed by atoms with Crippen molar-refractivity contribution in [3.8, 4) is 5.75 Å². The molecule has 0 aliphatic rings. The molecule has 154 valence electrons. The number of nitrogens with one attached hydrogen (secondary N) is 1. The van der Waals surface area contributed by atoms with Crippen LogP contribution in [0.2, 0.25) is 0 Å². The van der Waals surface area contributed by atoms with Crippen molar-refractivity contribution < 1.29 is 9.53 Å². The van der Waals surface area contributed by atoms with Crippen LogP contribution in [-0.4, -0.2) is 12.1 Å². The van der Waals surface area contributed by atoms with Crippen molar-refractivity contribution >= 4 is 73.2 Å². The standard InChI is InChI=1S/C23H19BrI2N2O2/c24-19-9-6-17(7-10-19)15-30-23-20(25)12-18(13-21(23)26)14-27-28-22(29)11-8-16-4-2-1-3-5-16/h1-7,9-10,12-14H,8,11,15H2,(H,28,29)/b27-14-. The largest absolute Gasteiger partial charge is 0.487 e. The predicted octanol–water partition coefficient (Wildman–Crippen LogP) is 6.32. The molecule has 0 aromatic heterocycles. The van der Waals surface area contributed by atoms with Crippen LogP contribution >= 0.6 is 61.1 Å². The van der Waals surface area contributed by atoms with Crippen molar-refractivity contribution in [2.45, 2.75) is 19.4 Å². The molecule has 0 saturated carbocycles. The molecule has 0 fully saturated rings. The fourth-order valence-corrected chi connectivity index (χ4v) is 5.06. The van der Waals surface area contributed by atoms with E-state index in [2.05, 4.69) is 71.6 Å². The molecule has 0 atom stereocenters. The number of rotatable bonds is 8. The van der Waals surface area contributed by atoms with E-state index in [0.29, 0.717) is 19.4 Å². The van der Waals surface area contributed by atoms with Crippen molar-refractivity contribution in [2.24, 2.45) is 5.10 Å². The van der Waals surface area contributed by atoms with Crippen LogP contribution in [0.3, 0.4) is 0 Å². The van der Waals surface area contributed by atoms with Crippen LogP contribution < -0.4 is 10.2 Å². The van der Waals surface area contributed by atoms with Crippen LogP contribution in [-0.2, 0) is 17.8 Å². The Hall–Kier alpha value is -1.46. The number of carbonyl (C=O) groups is 1. The molecule has 0 aliphatic carbocycles. The Kier molecular flexibility index (Phi) is 9.13. The number of halogens is 3. The Balaban J connectivity index is 1.53. The van der Waals surface area contributed by atoms with Gasteiger partial charge in [0.15, 0.2) is 0 Å². The van der Waals surface area contributed by atoms with Gasteiger partial charge in [-0.25, -0.2) is 5.43 Å². The number of nitrogens with zero attached hydrogens (tertiary/aromatic N) is 1. The van der Waals surface area contributed by atoms with Gasteiger partial charge in [0.2, 0.25) is 5.91 Å². The van der Waals surface area contributed by atoms with Crippen molar-refractivity contribution in [3.05, 3.63) is 95.0 Å². The molecule has 0 heterocycles. The molecular formula is C23H19BrI2N2O2. The van der Waals surface area contributed by atoms with Crippen LogP contribution in [0, 0.1) is 7.14 Å². The zero-order chi connectivity index (χ0) is 21.3. The maximum atomic E-state index is 12.0. The maximum absolute atomic E-state index is 12.0. The minimum atomic E-state index is -0.103. The zero-order valence-electron chi connectivity index (χ0n) is 15.9. The van der Waals surface area contributed by atoms with E-state index in [1.54, 1.807) is 6.21 Å². The second kappa shape index (κ2) is 11.8. The first-order chi connectivity index (χ1) is 14.5. The van der Waals surface area contributed by atoms with Crippen LogP contribution in [0.5, 0.6) is 5.75 Å². The third-order valence-electron chi connectivity index (χ3n) is 4.20. The monoisotopic (exact) mass is 688 g/mol. The summed E-state index contributed by atoms with van der Waals surface area (Å²) in [5.41, 5.74) is 5.75. The fraction of sp³-hybridized carbons (Fsp3) is 0.130. The van der Waals surface area contributed by atoms with E-state index in [4.69, 9.17) is 4.74 Å². The van der Waals surface area contributed by atoms with Gasteiger partial charge in [0, 0.05) is 10.9 Å². The summed E-state index contributed by atoms with van der Waals surface area (Å²) in [4.78, 5) is 12.0. The summed E-state index contributed by atoms with van der Waals surface area (Å²) in [6.45, 7) is 0.504. The lowest BCUT2D eigenvalue weighted by Crippen LogP contribution is -2.17. The molecule has 3 aromatic carbocycles. The van der Waals surface area contributed by atoms with Gasteiger partial charge in [-0.15, -0.1) is 0 Å². The number of hydrogen-bond acceptors (Lipinski definition) is 3. The SMILES string of the molecule is O=C(CCc1ccccc1)N/N=C\c1cc(I)c(OCc2ccc(Br)cc2)c(I)c1. The molecular weight excluding hydrogens is 670 g/mol. The van der Waals surface area contributed by atoms with E-state index < -0.39 is 0 Å². The molecule has 0 unspecified atom stereocenters. The highest BCUT2D eigenvalue weighted by atomic mass is 127. The predicted molar refractivity (Wildman–Crippen MR) is 141 cm³/mol. The van der Waals surface area contributed by atoms with E-state index in [-0.39, 0.29) is 5.91 Å². The van der Waals surface area contributed by atoms with Gasteiger partial charge in [0.25, 0.3) is 0 Å². The summed E-state index contributed by atoms with van der Waals surface area (Å²) >= 11 is 7.96. The second-order valence-electron chi connectivity index (χ2n) is 6.51. The summed E-state index contributed by atoms with van der Waals surface area (Å²) < 4.78 is 9.06. The van der Waals surface area contributed by atoms with E-state index in [1.165, 1.54) is 0 Å². The van der Waals surface area contributed by atoms with E-state index in [9.17, 15) is 4.79 Å². The molecule has 3 aromatic rings. The van der Waals surface area contributed by atoms with E-state index in [1.807, 2.05) is 66.7 Å². The first-order valence-corrected chi connectivity index (χ1v) is 12.2. The molecule has 4 nitrogen and oxygen atoms in total. The molecule has 0 bridgehead atoms. The zero-order valence-corrected chi connectivity index (χ0v) is 21.8. The Morgan fingerprint density at radius 2 is 1.67 bits per heavy atom. The van der Waals surface area contributed by atoms with Gasteiger partial charge in [0.1, 0.15) is 12.4 Å². The fourth-order valence-electron chi connectivity index (χ4n) is 2.67. The van der Waals surface area contributed by atoms with Gasteiger partial charge in [-0.3, -0.25) is 4.79 Å². The third kappa shape index (κ3) is 7.35. The average molecular weight is 689 g/mol. The van der Waals surface area contributed by atoms with Gasteiger partial charge >= 0.3 is 0 Å². The third-order valence-corrected chi connectivity index (χ3v) is 6.33. The van der Waals surface area contributed by atoms with E-state index in [0.717, 1.165) is 34.1 Å². The lowest BCUT2D eigenvalue weighted by atomic mass is 10.1. The normalized spacial score (nSPS) is 10.9. The van der Waals surface area contributed by atoms with Crippen molar-refractivity contribution in [1.29, 1.82) is 0 Å². The molecule has 0 saturated heterocycles. The lowest BCUT2D eigenvalue weighted by molar-refractivity contribution is -0.121. The molecule has 1 amide bonds. The molecule has 0 aliphatic heterocycles. The Bertz CT molecular complexity index is 1000. The molecule has 3 rings (SSSR count). The Morgan fingerprint density at radius 1 is 1.00 bits per heavy atom. The van der Waals surface area contributed by atoms with Crippen LogP contribution in [0.15, 0.2) is 76.3 Å². The first kappa shape index (κ1) is 23.2. The summed E-state index contributed by atoms with van der Waals surface area (Å²) in [5, 5.41) is 4.09. The smallest absolute Gasteiger partial charge is 0.240 e. The maximum Gasteiger partial charge on any atom is 0.240 e. The molecule has 0 radical (unpaired) electrons. The average Bonchev–Trinajstić information content (AvgIpc) is 2.74. The van der Waals surface area contributed by atoms with Gasteiger partial charge in [-0.1, -0.05) is 58.4 Å². The summed E-state index contributed by atoms with van der Waals surface area (Å²) in [7, 11) is 0. The lowest BCUT2D eigenvalue weighted by Gasteiger charge is -2.11. The van der Waals surface area contributed by atoms with E-state index >= 15 is 0 Å². The quantitative estimate of drug-likeness (QED) is 0.171. The number of carbonyl (C=O) groups excluding carboxylic acids is 1. The van der Waals surface area contributed by atoms with Crippen molar-refractivity contribution in [2.75, 3.05) is 0 Å². The highest BCUT2D eigenvalue weighted by molar-refractivity contribution is 14.1. The minimum absolute atomic E-state index is 0.103. The number of benzene rings is 3. The number of hydrogen-bond donors (Lipinski definition) is 1. The molecule has 30 heavy (non-hydrogen) atoms. The summed E-state index contributed by atoms with van der Waals surface area (Å²) in [6.07, 6.45) is 2.75. The molecule has 0 spiro atoms. The minimum Gasteiger partial charge on any atom is -0.487 e. The summed E-state index contributed by atoms with van der Waals surface area (Å²) in [6, 6.07) is 22.0. The Morgan fingerprint density at radius 3 is 2.33 bits per heavy atom. The van der Waals surface area contributed by atoms with Crippen molar-refractivity contribution in [1.82, 2.24) is 5.43 Å². The number of hydrazone groups is 1. The van der Waals surface area contributed by atoms with Crippen LogP contribution in [0.25, 0.3) is 0 Å². The molecule has 7 heteroatoms. The summed E-state index contributed by atoms with van der Waals surface area (Å²) in [5.74, 6) is 0.747. The number of amides is 1. The van der Waals surface area contributed by atoms with Gasteiger partial charge in [0.05, 0.1) is 13.4 Å². The second-order valence-corrected chi connectivity index (χ2v) is 9.75. The van der Waals surface area contributed by atoms with Crippen LogP contribution in [0.1, 0.15) is 23.1 Å². The number of aryl methyl sites for hydroxylation is 1. The van der Waals surface area contributed by atoms with Gasteiger partial charge in [-0.2, -0.15) is 5.10 Å². The van der Waals surface area contributed by atoms with Gasteiger partial charge in [-0.05, 0) is 92.6 Å². The highest BCUT2D eigenvalue weighted by Gasteiger charge is 2.09.